The summed E-state index contributed by atoms with van der Waals surface area (Å²) in [5, 5.41) is 4.27. The zero-order valence-corrected chi connectivity index (χ0v) is 12.2. The van der Waals surface area contributed by atoms with E-state index >= 15 is 0 Å². The van der Waals surface area contributed by atoms with Gasteiger partial charge in [0.05, 0.1) is 23.6 Å². The van der Waals surface area contributed by atoms with E-state index in [0.717, 1.165) is 25.1 Å². The lowest BCUT2D eigenvalue weighted by atomic mass is 9.78. The molecule has 0 bridgehead atoms. The molecule has 1 aliphatic carbocycles. The Labute approximate surface area is 124 Å². The van der Waals surface area contributed by atoms with Crippen LogP contribution in [0, 0.1) is 5.92 Å². The van der Waals surface area contributed by atoms with Gasteiger partial charge in [0.25, 0.3) is 0 Å². The van der Waals surface area contributed by atoms with Gasteiger partial charge in [0.15, 0.2) is 5.78 Å². The van der Waals surface area contributed by atoms with Crippen molar-refractivity contribution in [2.45, 2.75) is 32.3 Å². The molecule has 1 fully saturated rings. The van der Waals surface area contributed by atoms with Crippen LogP contribution in [-0.2, 0) is 4.74 Å². The van der Waals surface area contributed by atoms with E-state index in [1.54, 1.807) is 10.9 Å². The van der Waals surface area contributed by atoms with Crippen molar-refractivity contribution in [1.29, 1.82) is 0 Å². The highest BCUT2D eigenvalue weighted by atomic mass is 16.5. The normalized spacial score (nSPS) is 21.0. The van der Waals surface area contributed by atoms with Gasteiger partial charge in [-0.2, -0.15) is 5.10 Å². The predicted molar refractivity (Wildman–Crippen MR) is 80.6 cm³/mol. The Hall–Kier alpha value is -1.94. The SMILES string of the molecule is CCOC1CC(CC(=O)c2cnn(-c3ccccc3)c2)C1. The fourth-order valence-corrected chi connectivity index (χ4v) is 2.78. The maximum absolute atomic E-state index is 12.3. The number of carbonyl (C=O) groups is 1. The molecule has 1 aromatic carbocycles. The Bertz CT molecular complexity index is 600. The molecule has 1 heterocycles. The third-order valence-electron chi connectivity index (χ3n) is 3.99. The molecule has 0 aliphatic heterocycles. The van der Waals surface area contributed by atoms with E-state index in [0.29, 0.717) is 24.0 Å². The van der Waals surface area contributed by atoms with Crippen LogP contribution in [-0.4, -0.2) is 28.3 Å². The molecular formula is C17H20N2O2. The highest BCUT2D eigenvalue weighted by molar-refractivity contribution is 5.95. The smallest absolute Gasteiger partial charge is 0.166 e. The number of para-hydroxylation sites is 1. The molecule has 0 spiro atoms. The Kier molecular flexibility index (Phi) is 4.15. The minimum Gasteiger partial charge on any atom is -0.378 e. The average molecular weight is 284 g/mol. The van der Waals surface area contributed by atoms with E-state index in [-0.39, 0.29) is 5.78 Å². The molecule has 3 rings (SSSR count). The highest BCUT2D eigenvalue weighted by Gasteiger charge is 2.31. The van der Waals surface area contributed by atoms with Gasteiger partial charge in [0.2, 0.25) is 0 Å². The van der Waals surface area contributed by atoms with Crippen LogP contribution in [0.1, 0.15) is 36.5 Å². The van der Waals surface area contributed by atoms with Crippen LogP contribution >= 0.6 is 0 Å². The quantitative estimate of drug-likeness (QED) is 0.765. The molecule has 21 heavy (non-hydrogen) atoms. The van der Waals surface area contributed by atoms with E-state index in [1.807, 2.05) is 43.5 Å². The van der Waals surface area contributed by atoms with Crippen molar-refractivity contribution in [3.05, 3.63) is 48.3 Å². The van der Waals surface area contributed by atoms with Crippen LogP contribution in [0.2, 0.25) is 0 Å². The summed E-state index contributed by atoms with van der Waals surface area (Å²) in [6.45, 7) is 2.77. The highest BCUT2D eigenvalue weighted by Crippen LogP contribution is 2.33. The summed E-state index contributed by atoms with van der Waals surface area (Å²) in [4.78, 5) is 12.3. The monoisotopic (exact) mass is 284 g/mol. The van der Waals surface area contributed by atoms with E-state index in [4.69, 9.17) is 4.74 Å². The number of benzene rings is 1. The molecule has 0 radical (unpaired) electrons. The number of nitrogens with zero attached hydrogens (tertiary/aromatic N) is 2. The molecular weight excluding hydrogens is 264 g/mol. The molecule has 0 N–H and O–H groups in total. The van der Waals surface area contributed by atoms with Crippen LogP contribution in [0.4, 0.5) is 0 Å². The van der Waals surface area contributed by atoms with E-state index in [2.05, 4.69) is 5.10 Å². The lowest BCUT2D eigenvalue weighted by Gasteiger charge is -2.34. The lowest BCUT2D eigenvalue weighted by Crippen LogP contribution is -2.32. The van der Waals surface area contributed by atoms with E-state index in [1.165, 1.54) is 0 Å². The zero-order valence-electron chi connectivity index (χ0n) is 12.2. The molecule has 4 nitrogen and oxygen atoms in total. The maximum atomic E-state index is 12.3. The van der Waals surface area contributed by atoms with Crippen LogP contribution in [0.25, 0.3) is 5.69 Å². The largest absolute Gasteiger partial charge is 0.378 e. The standard InChI is InChI=1S/C17H20N2O2/c1-2-21-16-8-13(9-16)10-17(20)14-11-18-19(12-14)15-6-4-3-5-7-15/h3-7,11-13,16H,2,8-10H2,1H3. The van der Waals surface area contributed by atoms with Crippen molar-refractivity contribution in [2.24, 2.45) is 5.92 Å². The average Bonchev–Trinajstić information content (AvgIpc) is 2.96. The first kappa shape index (κ1) is 14.0. The fraction of sp³-hybridized carbons (Fsp3) is 0.412. The molecule has 0 amide bonds. The molecule has 0 saturated heterocycles. The number of ether oxygens (including phenoxy) is 1. The summed E-state index contributed by atoms with van der Waals surface area (Å²) < 4.78 is 7.28. The summed E-state index contributed by atoms with van der Waals surface area (Å²) in [5.74, 6) is 0.645. The fourth-order valence-electron chi connectivity index (χ4n) is 2.78. The molecule has 1 saturated carbocycles. The Morgan fingerprint density at radius 1 is 1.33 bits per heavy atom. The molecule has 4 heteroatoms. The van der Waals surface area contributed by atoms with Gasteiger partial charge in [-0.15, -0.1) is 0 Å². The second kappa shape index (κ2) is 6.22. The second-order valence-electron chi connectivity index (χ2n) is 5.55. The van der Waals surface area contributed by atoms with Gasteiger partial charge in [0.1, 0.15) is 0 Å². The summed E-state index contributed by atoms with van der Waals surface area (Å²) in [7, 11) is 0. The number of aromatic nitrogens is 2. The Balaban J connectivity index is 1.58. The van der Waals surface area contributed by atoms with Crippen LogP contribution in [0.15, 0.2) is 42.7 Å². The van der Waals surface area contributed by atoms with E-state index in [9.17, 15) is 4.79 Å². The van der Waals surface area contributed by atoms with Crippen molar-refractivity contribution < 1.29 is 9.53 Å². The van der Waals surface area contributed by atoms with Crippen LogP contribution in [0.5, 0.6) is 0 Å². The molecule has 0 unspecified atom stereocenters. The summed E-state index contributed by atoms with van der Waals surface area (Å²) in [5.41, 5.74) is 1.66. The first-order chi connectivity index (χ1) is 10.3. The Morgan fingerprint density at radius 3 is 2.81 bits per heavy atom. The van der Waals surface area contributed by atoms with Crippen molar-refractivity contribution in [3.63, 3.8) is 0 Å². The number of Topliss-reactive ketones (excluding diaryl/α,β-unsaturated/α-hetero) is 1. The third kappa shape index (κ3) is 3.22. The van der Waals surface area contributed by atoms with E-state index < -0.39 is 0 Å². The zero-order chi connectivity index (χ0) is 14.7. The maximum Gasteiger partial charge on any atom is 0.166 e. The van der Waals surface area contributed by atoms with Crippen molar-refractivity contribution >= 4 is 5.78 Å². The minimum atomic E-state index is 0.178. The summed E-state index contributed by atoms with van der Waals surface area (Å²) in [6, 6.07) is 9.83. The third-order valence-corrected chi connectivity index (χ3v) is 3.99. The number of carbonyl (C=O) groups excluding carboxylic acids is 1. The van der Waals surface area contributed by atoms with Gasteiger partial charge < -0.3 is 4.74 Å². The van der Waals surface area contributed by atoms with Crippen molar-refractivity contribution in [3.8, 4) is 5.69 Å². The topological polar surface area (TPSA) is 44.1 Å². The molecule has 1 aromatic heterocycles. The first-order valence-corrected chi connectivity index (χ1v) is 7.51. The van der Waals surface area contributed by atoms with Crippen LogP contribution < -0.4 is 0 Å². The number of hydrogen-bond acceptors (Lipinski definition) is 3. The van der Waals surface area contributed by atoms with Gasteiger partial charge in [-0.25, -0.2) is 4.68 Å². The van der Waals surface area contributed by atoms with Gasteiger partial charge in [0, 0.05) is 19.2 Å². The van der Waals surface area contributed by atoms with Gasteiger partial charge in [-0.1, -0.05) is 18.2 Å². The first-order valence-electron chi connectivity index (χ1n) is 7.51. The number of rotatable bonds is 6. The van der Waals surface area contributed by atoms with Gasteiger partial charge >= 0.3 is 0 Å². The minimum absolute atomic E-state index is 0.178. The predicted octanol–water partition coefficient (Wildman–Crippen LogP) is 3.26. The molecule has 2 aromatic rings. The second-order valence-corrected chi connectivity index (χ2v) is 5.55. The van der Waals surface area contributed by atoms with Gasteiger partial charge in [-0.05, 0) is 37.8 Å². The van der Waals surface area contributed by atoms with Gasteiger partial charge in [-0.3, -0.25) is 4.79 Å². The molecule has 0 atom stereocenters. The summed E-state index contributed by atoms with van der Waals surface area (Å²) in [6.07, 6.45) is 6.45. The lowest BCUT2D eigenvalue weighted by molar-refractivity contribution is -0.0246. The number of ketones is 1. The van der Waals surface area contributed by atoms with Crippen molar-refractivity contribution in [1.82, 2.24) is 9.78 Å². The summed E-state index contributed by atoms with van der Waals surface area (Å²) >= 11 is 0. The van der Waals surface area contributed by atoms with Crippen LogP contribution in [0.3, 0.4) is 0 Å². The Morgan fingerprint density at radius 2 is 2.10 bits per heavy atom. The molecule has 110 valence electrons. The molecule has 1 aliphatic rings. The number of hydrogen-bond donors (Lipinski definition) is 0. The van der Waals surface area contributed by atoms with Crippen molar-refractivity contribution in [2.75, 3.05) is 6.61 Å².